The predicted octanol–water partition coefficient (Wildman–Crippen LogP) is 2.73. The zero-order valence-electron chi connectivity index (χ0n) is 17.4. The van der Waals surface area contributed by atoms with Gasteiger partial charge in [0.1, 0.15) is 6.10 Å². The molecule has 2 aromatic rings. The quantitative estimate of drug-likeness (QED) is 0.631. The number of rotatable bonds is 8. The van der Waals surface area contributed by atoms with E-state index < -0.39 is 6.10 Å². The Kier molecular flexibility index (Phi) is 6.56. The molecular formula is C22H26O8. The molecule has 0 saturated heterocycles. The largest absolute Gasteiger partial charge is 0.502 e. The van der Waals surface area contributed by atoms with Crippen molar-refractivity contribution < 1.29 is 38.7 Å². The zero-order valence-corrected chi connectivity index (χ0v) is 17.4. The van der Waals surface area contributed by atoms with Crippen LogP contribution in [0.25, 0.3) is 0 Å². The molecule has 0 aliphatic carbocycles. The number of phenolic OH excluding ortho intramolecular Hbond substituents is 1. The molecule has 30 heavy (non-hydrogen) atoms. The minimum atomic E-state index is -0.543. The summed E-state index contributed by atoms with van der Waals surface area (Å²) in [6, 6.07) is 7.04. The molecule has 1 aliphatic rings. The van der Waals surface area contributed by atoms with Gasteiger partial charge in [0, 0.05) is 17.5 Å². The van der Waals surface area contributed by atoms with E-state index in [0.717, 1.165) is 11.1 Å². The third-order valence-corrected chi connectivity index (χ3v) is 5.25. The number of aliphatic hydroxyl groups excluding tert-OH is 1. The predicted molar refractivity (Wildman–Crippen MR) is 108 cm³/mol. The third-order valence-electron chi connectivity index (χ3n) is 5.25. The van der Waals surface area contributed by atoms with Crippen LogP contribution in [0.1, 0.15) is 35.1 Å². The molecule has 0 spiro atoms. The van der Waals surface area contributed by atoms with Crippen molar-refractivity contribution in [3.05, 3.63) is 41.0 Å². The first-order valence-electron chi connectivity index (χ1n) is 9.47. The lowest BCUT2D eigenvalue weighted by molar-refractivity contribution is -0.140. The number of esters is 1. The standard InChI is InChI=1S/C22H26O8/c1-26-16-9-13(10-17(27-2)20(16)25)21-15(11-23)14-7-12(5-6-19(24)29-4)8-18(28-3)22(14)30-21/h7-10,15,21,23,25H,5-6,11H2,1-4H3/t15-,21+/m0/s1. The molecule has 0 unspecified atom stereocenters. The maximum Gasteiger partial charge on any atom is 0.305 e. The van der Waals surface area contributed by atoms with Gasteiger partial charge < -0.3 is 33.9 Å². The summed E-state index contributed by atoms with van der Waals surface area (Å²) in [7, 11) is 5.79. The van der Waals surface area contributed by atoms with Crippen molar-refractivity contribution in [1.82, 2.24) is 0 Å². The van der Waals surface area contributed by atoms with E-state index in [9.17, 15) is 15.0 Å². The maximum atomic E-state index is 11.5. The van der Waals surface area contributed by atoms with Crippen LogP contribution in [0.3, 0.4) is 0 Å². The first-order valence-corrected chi connectivity index (χ1v) is 9.47. The van der Waals surface area contributed by atoms with Crippen LogP contribution in [0.2, 0.25) is 0 Å². The summed E-state index contributed by atoms with van der Waals surface area (Å²) >= 11 is 0. The molecule has 3 rings (SSSR count). The Morgan fingerprint density at radius 3 is 2.17 bits per heavy atom. The molecular weight excluding hydrogens is 392 g/mol. The second-order valence-electron chi connectivity index (χ2n) is 6.89. The van der Waals surface area contributed by atoms with Crippen LogP contribution >= 0.6 is 0 Å². The smallest absolute Gasteiger partial charge is 0.305 e. The molecule has 0 bridgehead atoms. The van der Waals surface area contributed by atoms with E-state index >= 15 is 0 Å². The van der Waals surface area contributed by atoms with Gasteiger partial charge in [-0.2, -0.15) is 0 Å². The summed E-state index contributed by atoms with van der Waals surface area (Å²) in [5.41, 5.74) is 2.34. The number of methoxy groups -OCH3 is 4. The van der Waals surface area contributed by atoms with E-state index in [1.54, 1.807) is 12.1 Å². The van der Waals surface area contributed by atoms with Crippen molar-refractivity contribution in [2.75, 3.05) is 35.0 Å². The molecule has 0 aromatic heterocycles. The highest BCUT2D eigenvalue weighted by molar-refractivity contribution is 5.69. The van der Waals surface area contributed by atoms with Crippen LogP contribution in [0.4, 0.5) is 0 Å². The summed E-state index contributed by atoms with van der Waals surface area (Å²) in [5, 5.41) is 20.4. The number of aryl methyl sites for hydroxylation is 1. The molecule has 2 atom stereocenters. The Balaban J connectivity index is 2.01. The zero-order chi connectivity index (χ0) is 21.8. The van der Waals surface area contributed by atoms with Crippen molar-refractivity contribution in [3.63, 3.8) is 0 Å². The number of fused-ring (bicyclic) bond motifs is 1. The normalized spacial score (nSPS) is 17.1. The van der Waals surface area contributed by atoms with Gasteiger partial charge in [0.05, 0.1) is 41.0 Å². The highest BCUT2D eigenvalue weighted by atomic mass is 16.5. The summed E-state index contributed by atoms with van der Waals surface area (Å²) in [6.45, 7) is -0.174. The molecule has 2 aromatic carbocycles. The van der Waals surface area contributed by atoms with Gasteiger partial charge in [-0.15, -0.1) is 0 Å². The number of hydrogen-bond donors (Lipinski definition) is 2. The average Bonchev–Trinajstić information content (AvgIpc) is 3.15. The molecule has 162 valence electrons. The maximum absolute atomic E-state index is 11.5. The van der Waals surface area contributed by atoms with Gasteiger partial charge in [-0.3, -0.25) is 4.79 Å². The molecule has 0 amide bonds. The van der Waals surface area contributed by atoms with Crippen LogP contribution in [0.5, 0.6) is 28.7 Å². The Hall–Kier alpha value is -3.13. The fourth-order valence-corrected chi connectivity index (χ4v) is 3.67. The summed E-state index contributed by atoms with van der Waals surface area (Å²) in [5.74, 6) is 0.747. The summed E-state index contributed by atoms with van der Waals surface area (Å²) in [6.07, 6.45) is 0.164. The van der Waals surface area contributed by atoms with Gasteiger partial charge >= 0.3 is 5.97 Å². The summed E-state index contributed by atoms with van der Waals surface area (Å²) < 4.78 is 26.9. The number of aromatic hydroxyl groups is 1. The Morgan fingerprint density at radius 1 is 1.00 bits per heavy atom. The molecule has 8 heteroatoms. The van der Waals surface area contributed by atoms with Crippen molar-refractivity contribution in [2.45, 2.75) is 24.9 Å². The SMILES string of the molecule is COC(=O)CCc1cc(OC)c2c(c1)[C@H](CO)[C@@H](c1cc(OC)c(O)c(OC)c1)O2. The van der Waals surface area contributed by atoms with Gasteiger partial charge in [0.25, 0.3) is 0 Å². The first-order chi connectivity index (χ1) is 14.5. The van der Waals surface area contributed by atoms with Crippen molar-refractivity contribution >= 4 is 5.97 Å². The minimum absolute atomic E-state index is 0.109. The Bertz CT molecular complexity index is 899. The third kappa shape index (κ3) is 3.95. The van der Waals surface area contributed by atoms with Gasteiger partial charge in [-0.05, 0) is 30.2 Å². The number of carbonyl (C=O) groups excluding carboxylic acids is 1. The van der Waals surface area contributed by atoms with Crippen LogP contribution in [0, 0.1) is 0 Å². The number of benzene rings is 2. The molecule has 8 nitrogen and oxygen atoms in total. The van der Waals surface area contributed by atoms with E-state index in [1.165, 1.54) is 28.4 Å². The summed E-state index contributed by atoms with van der Waals surface area (Å²) in [4.78, 5) is 11.5. The van der Waals surface area contributed by atoms with Crippen LogP contribution < -0.4 is 18.9 Å². The minimum Gasteiger partial charge on any atom is -0.502 e. The second kappa shape index (κ2) is 9.13. The van der Waals surface area contributed by atoms with E-state index in [4.69, 9.17) is 23.7 Å². The molecule has 1 heterocycles. The lowest BCUT2D eigenvalue weighted by atomic mass is 9.90. The number of ether oxygens (including phenoxy) is 5. The molecule has 0 radical (unpaired) electrons. The van der Waals surface area contributed by atoms with Crippen molar-refractivity contribution in [1.29, 1.82) is 0 Å². The molecule has 0 saturated carbocycles. The average molecular weight is 418 g/mol. The number of carbonyl (C=O) groups is 1. The van der Waals surface area contributed by atoms with Crippen LogP contribution in [0.15, 0.2) is 24.3 Å². The lowest BCUT2D eigenvalue weighted by Crippen LogP contribution is -2.13. The molecule has 2 N–H and O–H groups in total. The highest BCUT2D eigenvalue weighted by Gasteiger charge is 2.38. The van der Waals surface area contributed by atoms with Crippen LogP contribution in [-0.4, -0.2) is 51.2 Å². The van der Waals surface area contributed by atoms with Gasteiger partial charge in [0.15, 0.2) is 23.0 Å². The van der Waals surface area contributed by atoms with Crippen LogP contribution in [-0.2, 0) is 16.0 Å². The first kappa shape index (κ1) is 21.6. The Labute approximate surface area is 174 Å². The van der Waals surface area contributed by atoms with E-state index in [1.807, 2.05) is 12.1 Å². The van der Waals surface area contributed by atoms with Crippen molar-refractivity contribution in [2.24, 2.45) is 0 Å². The topological polar surface area (TPSA) is 104 Å². The van der Waals surface area contributed by atoms with Crippen molar-refractivity contribution in [3.8, 4) is 28.7 Å². The van der Waals surface area contributed by atoms with Gasteiger partial charge in [0.2, 0.25) is 5.75 Å². The van der Waals surface area contributed by atoms with Gasteiger partial charge in [-0.25, -0.2) is 0 Å². The van der Waals surface area contributed by atoms with E-state index in [2.05, 4.69) is 0 Å². The Morgan fingerprint density at radius 2 is 1.63 bits per heavy atom. The van der Waals surface area contributed by atoms with Gasteiger partial charge in [-0.1, -0.05) is 6.07 Å². The van der Waals surface area contributed by atoms with E-state index in [0.29, 0.717) is 23.5 Å². The second-order valence-corrected chi connectivity index (χ2v) is 6.89. The number of hydrogen-bond acceptors (Lipinski definition) is 8. The lowest BCUT2D eigenvalue weighted by Gasteiger charge is -2.20. The fraction of sp³-hybridized carbons (Fsp3) is 0.409. The molecule has 1 aliphatic heterocycles. The molecule has 0 fully saturated rings. The monoisotopic (exact) mass is 418 g/mol. The fourth-order valence-electron chi connectivity index (χ4n) is 3.67. The number of aliphatic hydroxyl groups is 1. The van der Waals surface area contributed by atoms with E-state index in [-0.39, 0.29) is 42.2 Å². The number of phenols is 1. The highest BCUT2D eigenvalue weighted by Crippen LogP contribution is 2.52.